The first-order valence-corrected chi connectivity index (χ1v) is 6.12. The summed E-state index contributed by atoms with van der Waals surface area (Å²) in [6.45, 7) is 5.39. The third-order valence-electron chi connectivity index (χ3n) is 3.66. The van der Waals surface area contributed by atoms with Crippen molar-refractivity contribution in [3.05, 3.63) is 0 Å². The molecule has 1 aliphatic heterocycles. The van der Waals surface area contributed by atoms with E-state index in [1.165, 1.54) is 12.8 Å². The number of amides is 1. The van der Waals surface area contributed by atoms with E-state index >= 15 is 0 Å². The van der Waals surface area contributed by atoms with Crippen molar-refractivity contribution in [2.75, 3.05) is 6.54 Å². The van der Waals surface area contributed by atoms with Crippen LogP contribution in [0.3, 0.4) is 0 Å². The number of carbonyl (C=O) groups excluding carboxylic acids is 1. The fourth-order valence-electron chi connectivity index (χ4n) is 2.55. The molecule has 2 aliphatic rings. The Hall–Kier alpha value is -0.570. The molecule has 2 N–H and O–H groups in total. The molecule has 0 aromatic rings. The first kappa shape index (κ1) is 10.9. The second-order valence-electron chi connectivity index (χ2n) is 5.53. The van der Waals surface area contributed by atoms with Crippen LogP contribution in [0.5, 0.6) is 0 Å². The Bertz CT molecular complexity index is 246. The van der Waals surface area contributed by atoms with Crippen LogP contribution in [0.1, 0.15) is 46.0 Å². The number of hydrogen-bond acceptors (Lipinski definition) is 2. The molecular formula is C12H22N2O. The summed E-state index contributed by atoms with van der Waals surface area (Å²) in [6.07, 6.45) is 5.56. The van der Waals surface area contributed by atoms with E-state index in [0.29, 0.717) is 12.5 Å². The summed E-state index contributed by atoms with van der Waals surface area (Å²) in [7, 11) is 0. The molecule has 1 amide bonds. The molecule has 0 aromatic carbocycles. The minimum absolute atomic E-state index is 0.205. The van der Waals surface area contributed by atoms with E-state index in [-0.39, 0.29) is 11.4 Å². The van der Waals surface area contributed by atoms with Gasteiger partial charge in [-0.1, -0.05) is 0 Å². The van der Waals surface area contributed by atoms with Gasteiger partial charge in [0.1, 0.15) is 0 Å². The lowest BCUT2D eigenvalue weighted by molar-refractivity contribution is -0.121. The zero-order chi connectivity index (χ0) is 10.9. The van der Waals surface area contributed by atoms with Gasteiger partial charge in [0.05, 0.1) is 0 Å². The lowest BCUT2D eigenvalue weighted by Crippen LogP contribution is -2.48. The maximum absolute atomic E-state index is 11.4. The molecule has 0 bridgehead atoms. The van der Waals surface area contributed by atoms with E-state index in [0.717, 1.165) is 25.3 Å². The average molecular weight is 210 g/mol. The molecular weight excluding hydrogens is 188 g/mol. The van der Waals surface area contributed by atoms with Crippen molar-refractivity contribution in [3.63, 3.8) is 0 Å². The predicted octanol–water partition coefficient (Wildman–Crippen LogP) is 1.43. The van der Waals surface area contributed by atoms with Crippen molar-refractivity contribution in [3.8, 4) is 0 Å². The van der Waals surface area contributed by atoms with Gasteiger partial charge >= 0.3 is 0 Å². The van der Waals surface area contributed by atoms with Gasteiger partial charge in [-0.25, -0.2) is 0 Å². The van der Waals surface area contributed by atoms with Crippen LogP contribution in [0, 0.1) is 5.92 Å². The van der Waals surface area contributed by atoms with Crippen LogP contribution in [0.15, 0.2) is 0 Å². The van der Waals surface area contributed by atoms with Crippen molar-refractivity contribution in [2.45, 2.75) is 57.5 Å². The van der Waals surface area contributed by atoms with Gasteiger partial charge in [0, 0.05) is 24.5 Å². The molecule has 86 valence electrons. The van der Waals surface area contributed by atoms with Gasteiger partial charge in [-0.05, 0) is 45.4 Å². The van der Waals surface area contributed by atoms with Crippen LogP contribution < -0.4 is 10.6 Å². The third kappa shape index (κ3) is 2.94. The number of rotatable bonds is 3. The quantitative estimate of drug-likeness (QED) is 0.740. The second-order valence-corrected chi connectivity index (χ2v) is 5.53. The highest BCUT2D eigenvalue weighted by atomic mass is 16.1. The van der Waals surface area contributed by atoms with Crippen molar-refractivity contribution >= 4 is 5.91 Å². The SMILES string of the molecule is CC(C)(NC1CCCNC(=O)C1)C1CC1. The molecule has 3 heteroatoms. The van der Waals surface area contributed by atoms with Crippen molar-refractivity contribution in [1.29, 1.82) is 0 Å². The van der Waals surface area contributed by atoms with E-state index in [2.05, 4.69) is 24.5 Å². The van der Waals surface area contributed by atoms with E-state index in [4.69, 9.17) is 0 Å². The van der Waals surface area contributed by atoms with Gasteiger partial charge < -0.3 is 10.6 Å². The Balaban J connectivity index is 1.88. The Labute approximate surface area is 92.0 Å². The summed E-state index contributed by atoms with van der Waals surface area (Å²) < 4.78 is 0. The zero-order valence-electron chi connectivity index (χ0n) is 9.81. The van der Waals surface area contributed by atoms with Crippen molar-refractivity contribution in [1.82, 2.24) is 10.6 Å². The second kappa shape index (κ2) is 4.12. The lowest BCUT2D eigenvalue weighted by Gasteiger charge is -2.31. The van der Waals surface area contributed by atoms with Crippen LogP contribution >= 0.6 is 0 Å². The van der Waals surface area contributed by atoms with E-state index < -0.39 is 0 Å². The first-order chi connectivity index (χ1) is 7.08. The highest BCUT2D eigenvalue weighted by molar-refractivity contribution is 5.76. The van der Waals surface area contributed by atoms with Crippen LogP contribution in [-0.2, 0) is 4.79 Å². The maximum atomic E-state index is 11.4. The van der Waals surface area contributed by atoms with Crippen LogP contribution in [-0.4, -0.2) is 24.0 Å². The van der Waals surface area contributed by atoms with Crippen LogP contribution in [0.2, 0.25) is 0 Å². The van der Waals surface area contributed by atoms with Gasteiger partial charge in [-0.15, -0.1) is 0 Å². The molecule has 0 spiro atoms. The van der Waals surface area contributed by atoms with Crippen LogP contribution in [0.4, 0.5) is 0 Å². The van der Waals surface area contributed by atoms with Gasteiger partial charge in [0.2, 0.25) is 5.91 Å². The summed E-state index contributed by atoms with van der Waals surface area (Å²) in [5, 5.41) is 6.59. The molecule has 1 heterocycles. The van der Waals surface area contributed by atoms with E-state index in [9.17, 15) is 4.79 Å². The Morgan fingerprint density at radius 2 is 2.07 bits per heavy atom. The molecule has 3 nitrogen and oxygen atoms in total. The predicted molar refractivity (Wildman–Crippen MR) is 60.6 cm³/mol. The largest absolute Gasteiger partial charge is 0.356 e. The molecule has 0 aromatic heterocycles. The molecule has 2 fully saturated rings. The molecule has 1 atom stereocenters. The van der Waals surface area contributed by atoms with Gasteiger partial charge in [-0.2, -0.15) is 0 Å². The topological polar surface area (TPSA) is 41.1 Å². The molecule has 15 heavy (non-hydrogen) atoms. The normalized spacial score (nSPS) is 28.4. The molecule has 1 saturated heterocycles. The molecule has 2 rings (SSSR count). The monoisotopic (exact) mass is 210 g/mol. The summed E-state index contributed by atoms with van der Waals surface area (Å²) in [5.74, 6) is 1.03. The van der Waals surface area contributed by atoms with Crippen molar-refractivity contribution < 1.29 is 4.79 Å². The molecule has 0 radical (unpaired) electrons. The Morgan fingerprint density at radius 1 is 1.33 bits per heavy atom. The van der Waals surface area contributed by atoms with Crippen LogP contribution in [0.25, 0.3) is 0 Å². The summed E-state index contributed by atoms with van der Waals surface area (Å²) >= 11 is 0. The number of nitrogens with one attached hydrogen (secondary N) is 2. The number of carbonyl (C=O) groups is 1. The summed E-state index contributed by atoms with van der Waals surface area (Å²) in [4.78, 5) is 11.4. The fraction of sp³-hybridized carbons (Fsp3) is 0.917. The fourth-order valence-corrected chi connectivity index (χ4v) is 2.55. The summed E-state index contributed by atoms with van der Waals surface area (Å²) in [6, 6.07) is 0.378. The highest BCUT2D eigenvalue weighted by Crippen LogP contribution is 2.39. The summed E-state index contributed by atoms with van der Waals surface area (Å²) in [5.41, 5.74) is 0.218. The smallest absolute Gasteiger partial charge is 0.221 e. The Morgan fingerprint density at radius 3 is 2.73 bits per heavy atom. The zero-order valence-corrected chi connectivity index (χ0v) is 9.81. The Kier molecular flexibility index (Phi) is 3.01. The highest BCUT2D eigenvalue weighted by Gasteiger charge is 2.39. The van der Waals surface area contributed by atoms with E-state index in [1.54, 1.807) is 0 Å². The third-order valence-corrected chi connectivity index (χ3v) is 3.66. The van der Waals surface area contributed by atoms with E-state index in [1.807, 2.05) is 0 Å². The standard InChI is InChI=1S/C12H22N2O/c1-12(2,9-5-6-9)14-10-4-3-7-13-11(15)8-10/h9-10,14H,3-8H2,1-2H3,(H,13,15). The van der Waals surface area contributed by atoms with Gasteiger partial charge in [0.25, 0.3) is 0 Å². The maximum Gasteiger partial charge on any atom is 0.221 e. The minimum atomic E-state index is 0.205. The average Bonchev–Trinajstić information content (AvgIpc) is 2.90. The minimum Gasteiger partial charge on any atom is -0.356 e. The molecule has 1 aliphatic carbocycles. The molecule has 1 unspecified atom stereocenters. The lowest BCUT2D eigenvalue weighted by atomic mass is 9.95. The first-order valence-electron chi connectivity index (χ1n) is 6.12. The number of hydrogen-bond donors (Lipinski definition) is 2. The van der Waals surface area contributed by atoms with Gasteiger partial charge in [0.15, 0.2) is 0 Å². The molecule has 1 saturated carbocycles. The van der Waals surface area contributed by atoms with Gasteiger partial charge in [-0.3, -0.25) is 4.79 Å². The van der Waals surface area contributed by atoms with Crippen molar-refractivity contribution in [2.24, 2.45) is 5.92 Å².